The van der Waals surface area contributed by atoms with Gasteiger partial charge in [0.25, 0.3) is 0 Å². The Morgan fingerprint density at radius 2 is 2.19 bits per heavy atom. The topological polar surface area (TPSA) is 42.2 Å². The lowest BCUT2D eigenvalue weighted by molar-refractivity contribution is 0.629. The third-order valence-electron chi connectivity index (χ3n) is 2.62. The molecule has 0 saturated carbocycles. The van der Waals surface area contributed by atoms with Gasteiger partial charge < -0.3 is 5.32 Å². The minimum absolute atomic E-state index is 0.922. The van der Waals surface area contributed by atoms with Gasteiger partial charge in [0.05, 0.1) is 0 Å². The van der Waals surface area contributed by atoms with E-state index in [1.165, 1.54) is 12.8 Å². The molecular weight excluding hydrogens is 200 g/mol. The molecule has 0 fully saturated rings. The number of pyridine rings is 1. The fourth-order valence-electron chi connectivity index (χ4n) is 1.69. The molecule has 0 spiro atoms. The molecule has 0 amide bonds. The van der Waals surface area contributed by atoms with Crippen LogP contribution in [0.4, 0.5) is 0 Å². The summed E-state index contributed by atoms with van der Waals surface area (Å²) in [4.78, 5) is 0. The molecule has 4 nitrogen and oxygen atoms in total. The van der Waals surface area contributed by atoms with Gasteiger partial charge in [-0.05, 0) is 25.1 Å². The lowest BCUT2D eigenvalue weighted by atomic mass is 10.3. The van der Waals surface area contributed by atoms with E-state index in [9.17, 15) is 0 Å². The van der Waals surface area contributed by atoms with Crippen LogP contribution in [-0.2, 0) is 6.42 Å². The number of nitrogens with zero attached hydrogens (tertiary/aromatic N) is 3. The van der Waals surface area contributed by atoms with E-state index in [4.69, 9.17) is 0 Å². The van der Waals surface area contributed by atoms with Crippen LogP contribution in [-0.4, -0.2) is 27.7 Å². The Morgan fingerprint density at radius 3 is 3.06 bits per heavy atom. The first-order valence-electron chi connectivity index (χ1n) is 5.91. The monoisotopic (exact) mass is 218 g/mol. The number of hydrogen-bond acceptors (Lipinski definition) is 3. The summed E-state index contributed by atoms with van der Waals surface area (Å²) in [5.41, 5.74) is 0.922. The molecule has 0 aliphatic heterocycles. The van der Waals surface area contributed by atoms with Gasteiger partial charge in [-0.1, -0.05) is 19.4 Å². The summed E-state index contributed by atoms with van der Waals surface area (Å²) in [5, 5.41) is 11.7. The fraction of sp³-hybridized carbons (Fsp3) is 0.500. The molecule has 4 heteroatoms. The molecule has 0 atom stereocenters. The van der Waals surface area contributed by atoms with Gasteiger partial charge in [-0.3, -0.25) is 4.40 Å². The Labute approximate surface area is 95.7 Å². The maximum Gasteiger partial charge on any atom is 0.160 e. The van der Waals surface area contributed by atoms with Gasteiger partial charge in [0, 0.05) is 19.2 Å². The number of rotatable bonds is 6. The van der Waals surface area contributed by atoms with Crippen LogP contribution in [0.15, 0.2) is 24.4 Å². The second kappa shape index (κ2) is 5.61. The molecule has 0 aliphatic rings. The summed E-state index contributed by atoms with van der Waals surface area (Å²) in [6.07, 6.45) is 5.41. The van der Waals surface area contributed by atoms with Crippen molar-refractivity contribution in [3.05, 3.63) is 30.2 Å². The highest BCUT2D eigenvalue weighted by Crippen LogP contribution is 2.02. The molecule has 0 bridgehead atoms. The average Bonchev–Trinajstić information content (AvgIpc) is 2.73. The van der Waals surface area contributed by atoms with E-state index < -0.39 is 0 Å². The van der Waals surface area contributed by atoms with E-state index in [1.54, 1.807) is 0 Å². The summed E-state index contributed by atoms with van der Waals surface area (Å²) in [5.74, 6) is 1.03. The van der Waals surface area contributed by atoms with Crippen LogP contribution in [0.5, 0.6) is 0 Å². The van der Waals surface area contributed by atoms with Crippen LogP contribution in [0.2, 0.25) is 0 Å². The lowest BCUT2D eigenvalue weighted by Crippen LogP contribution is -2.19. The van der Waals surface area contributed by atoms with Crippen molar-refractivity contribution < 1.29 is 0 Å². The standard InChI is InChI=1S/C12H18N4/c1-2-3-8-13-9-7-12-15-14-11-6-4-5-10-16(11)12/h4-6,10,13H,2-3,7-9H2,1H3. The largest absolute Gasteiger partial charge is 0.316 e. The molecule has 2 heterocycles. The molecule has 0 radical (unpaired) electrons. The normalized spacial score (nSPS) is 11.1. The van der Waals surface area contributed by atoms with E-state index in [2.05, 4.69) is 22.4 Å². The number of nitrogens with one attached hydrogen (secondary N) is 1. The molecule has 2 aromatic heterocycles. The second-order valence-corrected chi connectivity index (χ2v) is 3.90. The van der Waals surface area contributed by atoms with Crippen molar-refractivity contribution in [2.45, 2.75) is 26.2 Å². The zero-order chi connectivity index (χ0) is 11.2. The van der Waals surface area contributed by atoms with Crippen LogP contribution < -0.4 is 5.32 Å². The maximum absolute atomic E-state index is 4.19. The van der Waals surface area contributed by atoms with Gasteiger partial charge in [0.15, 0.2) is 5.65 Å². The van der Waals surface area contributed by atoms with Gasteiger partial charge in [-0.15, -0.1) is 10.2 Å². The van der Waals surface area contributed by atoms with Crippen molar-refractivity contribution in [2.24, 2.45) is 0 Å². The summed E-state index contributed by atoms with van der Waals surface area (Å²) >= 11 is 0. The first kappa shape index (κ1) is 11.1. The highest BCUT2D eigenvalue weighted by atomic mass is 15.2. The summed E-state index contributed by atoms with van der Waals surface area (Å²) in [7, 11) is 0. The van der Waals surface area contributed by atoms with E-state index in [1.807, 2.05) is 28.8 Å². The number of aromatic nitrogens is 3. The quantitative estimate of drug-likeness (QED) is 0.750. The highest BCUT2D eigenvalue weighted by molar-refractivity contribution is 5.36. The molecule has 0 aliphatic carbocycles. The minimum Gasteiger partial charge on any atom is -0.316 e. The van der Waals surface area contributed by atoms with Crippen molar-refractivity contribution in [1.82, 2.24) is 19.9 Å². The van der Waals surface area contributed by atoms with Crippen LogP contribution >= 0.6 is 0 Å². The van der Waals surface area contributed by atoms with Crippen LogP contribution in [0.25, 0.3) is 5.65 Å². The molecule has 2 aromatic rings. The van der Waals surface area contributed by atoms with Crippen LogP contribution in [0.1, 0.15) is 25.6 Å². The molecule has 1 N–H and O–H groups in total. The van der Waals surface area contributed by atoms with E-state index in [0.717, 1.165) is 31.0 Å². The summed E-state index contributed by atoms with van der Waals surface area (Å²) < 4.78 is 2.04. The smallest absolute Gasteiger partial charge is 0.160 e. The predicted molar refractivity (Wildman–Crippen MR) is 64.5 cm³/mol. The minimum atomic E-state index is 0.922. The number of hydrogen-bond donors (Lipinski definition) is 1. The Kier molecular flexibility index (Phi) is 3.88. The summed E-state index contributed by atoms with van der Waals surface area (Å²) in [6, 6.07) is 5.96. The highest BCUT2D eigenvalue weighted by Gasteiger charge is 2.02. The van der Waals surface area contributed by atoms with Crippen LogP contribution in [0.3, 0.4) is 0 Å². The number of fused-ring (bicyclic) bond motifs is 1. The zero-order valence-electron chi connectivity index (χ0n) is 9.69. The fourth-order valence-corrected chi connectivity index (χ4v) is 1.69. The Morgan fingerprint density at radius 1 is 1.25 bits per heavy atom. The van der Waals surface area contributed by atoms with Crippen molar-refractivity contribution >= 4 is 5.65 Å². The molecule has 0 unspecified atom stereocenters. The third kappa shape index (κ3) is 2.58. The number of unbranched alkanes of at least 4 members (excludes halogenated alkanes) is 1. The molecule has 16 heavy (non-hydrogen) atoms. The predicted octanol–water partition coefficient (Wildman–Crippen LogP) is 1.66. The van der Waals surface area contributed by atoms with Crippen molar-refractivity contribution in [3.63, 3.8) is 0 Å². The Balaban J connectivity index is 1.89. The van der Waals surface area contributed by atoms with Gasteiger partial charge in [0.1, 0.15) is 5.82 Å². The van der Waals surface area contributed by atoms with Crippen molar-refractivity contribution in [1.29, 1.82) is 0 Å². The first-order valence-corrected chi connectivity index (χ1v) is 5.91. The van der Waals surface area contributed by atoms with Crippen molar-refractivity contribution in [2.75, 3.05) is 13.1 Å². The van der Waals surface area contributed by atoms with E-state index >= 15 is 0 Å². The Hall–Kier alpha value is -1.42. The zero-order valence-corrected chi connectivity index (χ0v) is 9.69. The van der Waals surface area contributed by atoms with E-state index in [0.29, 0.717) is 0 Å². The second-order valence-electron chi connectivity index (χ2n) is 3.90. The van der Waals surface area contributed by atoms with Gasteiger partial charge in [-0.25, -0.2) is 0 Å². The summed E-state index contributed by atoms with van der Waals surface area (Å²) in [6.45, 7) is 4.26. The lowest BCUT2D eigenvalue weighted by Gasteiger charge is -2.02. The molecular formula is C12H18N4. The maximum atomic E-state index is 4.19. The van der Waals surface area contributed by atoms with Crippen LogP contribution in [0, 0.1) is 0 Å². The van der Waals surface area contributed by atoms with Gasteiger partial charge in [-0.2, -0.15) is 0 Å². The SMILES string of the molecule is CCCCNCCc1nnc2ccccn12. The molecule has 0 saturated heterocycles. The molecule has 2 rings (SSSR count). The Bertz CT molecular complexity index is 435. The van der Waals surface area contributed by atoms with E-state index in [-0.39, 0.29) is 0 Å². The van der Waals surface area contributed by atoms with Gasteiger partial charge in [0.2, 0.25) is 0 Å². The average molecular weight is 218 g/mol. The molecule has 86 valence electrons. The first-order chi connectivity index (χ1) is 7.92. The molecule has 0 aromatic carbocycles. The third-order valence-corrected chi connectivity index (χ3v) is 2.62. The van der Waals surface area contributed by atoms with Gasteiger partial charge >= 0.3 is 0 Å². The van der Waals surface area contributed by atoms with Crippen molar-refractivity contribution in [3.8, 4) is 0 Å².